The molecule has 0 radical (unpaired) electrons. The SMILES string of the molecule is COc1cnc(C(F)F)cc1-c1cc(C(=O)N2CCOCC2)ccc1C(=O)N=C(N)SC(=N)C#CC1CC1.[HH]. The monoisotopic (exact) mass is 543 g/mol. The Morgan fingerprint density at radius 2 is 2.03 bits per heavy atom. The van der Waals surface area contributed by atoms with Gasteiger partial charge in [0.25, 0.3) is 18.2 Å². The van der Waals surface area contributed by atoms with Gasteiger partial charge in [0.1, 0.15) is 16.5 Å². The van der Waals surface area contributed by atoms with Gasteiger partial charge in [-0.15, -0.1) is 0 Å². The van der Waals surface area contributed by atoms with E-state index >= 15 is 0 Å². The molecular weight excluding hydrogens is 516 g/mol. The lowest BCUT2D eigenvalue weighted by Crippen LogP contribution is -2.40. The van der Waals surface area contributed by atoms with Crippen LogP contribution in [0.15, 0.2) is 35.5 Å². The van der Waals surface area contributed by atoms with Crippen molar-refractivity contribution in [3.8, 4) is 28.7 Å². The summed E-state index contributed by atoms with van der Waals surface area (Å²) in [5.74, 6) is 4.97. The zero-order valence-electron chi connectivity index (χ0n) is 20.5. The van der Waals surface area contributed by atoms with E-state index in [2.05, 4.69) is 21.8 Å². The largest absolute Gasteiger partial charge is 0.494 e. The number of methoxy groups -OCH3 is 1. The lowest BCUT2D eigenvalue weighted by molar-refractivity contribution is 0.0303. The van der Waals surface area contributed by atoms with Gasteiger partial charge < -0.3 is 20.1 Å². The van der Waals surface area contributed by atoms with Crippen LogP contribution in [0.25, 0.3) is 11.1 Å². The Labute approximate surface area is 223 Å². The summed E-state index contributed by atoms with van der Waals surface area (Å²) in [6.45, 7) is 1.60. The van der Waals surface area contributed by atoms with Crippen molar-refractivity contribution in [2.24, 2.45) is 16.6 Å². The summed E-state index contributed by atoms with van der Waals surface area (Å²) in [7, 11) is 1.34. The van der Waals surface area contributed by atoms with E-state index in [-0.39, 0.29) is 45.5 Å². The number of pyridine rings is 1. The average molecular weight is 544 g/mol. The highest BCUT2D eigenvalue weighted by Gasteiger charge is 2.24. The van der Waals surface area contributed by atoms with E-state index in [1.54, 1.807) is 4.90 Å². The number of nitrogens with two attached hydrogens (primary N) is 1. The Bertz CT molecular complexity index is 1350. The zero-order chi connectivity index (χ0) is 27.2. The first-order valence-electron chi connectivity index (χ1n) is 11.8. The van der Waals surface area contributed by atoms with Crippen LogP contribution in [-0.4, -0.2) is 65.3 Å². The van der Waals surface area contributed by atoms with Gasteiger partial charge in [-0.05, 0) is 60.4 Å². The molecule has 200 valence electrons. The van der Waals surface area contributed by atoms with E-state index in [9.17, 15) is 18.4 Å². The third-order valence-corrected chi connectivity index (χ3v) is 6.41. The number of ether oxygens (including phenoxy) is 2. The van der Waals surface area contributed by atoms with Crippen molar-refractivity contribution in [2.75, 3.05) is 33.4 Å². The number of amides is 2. The predicted molar refractivity (Wildman–Crippen MR) is 142 cm³/mol. The van der Waals surface area contributed by atoms with E-state index < -0.39 is 18.0 Å². The molecule has 2 amide bonds. The normalized spacial score (nSPS) is 15.6. The molecule has 4 rings (SSSR count). The van der Waals surface area contributed by atoms with Crippen molar-refractivity contribution in [3.63, 3.8) is 0 Å². The molecule has 3 N–H and O–H groups in total. The smallest absolute Gasteiger partial charge is 0.280 e. The van der Waals surface area contributed by atoms with Crippen LogP contribution >= 0.6 is 11.8 Å². The maximum absolute atomic E-state index is 13.5. The predicted octanol–water partition coefficient (Wildman–Crippen LogP) is 3.99. The van der Waals surface area contributed by atoms with Crippen molar-refractivity contribution >= 4 is 33.8 Å². The fourth-order valence-corrected chi connectivity index (χ4v) is 4.14. The first-order chi connectivity index (χ1) is 18.3. The second-order valence-corrected chi connectivity index (χ2v) is 9.54. The van der Waals surface area contributed by atoms with Gasteiger partial charge in [-0.2, -0.15) is 4.99 Å². The molecule has 2 aromatic rings. The summed E-state index contributed by atoms with van der Waals surface area (Å²) in [4.78, 5) is 35.6. The van der Waals surface area contributed by atoms with Crippen molar-refractivity contribution in [1.82, 2.24) is 9.88 Å². The Hall–Kier alpha value is -3.82. The molecule has 1 aromatic heterocycles. The molecule has 12 heteroatoms. The minimum absolute atomic E-state index is 0. The van der Waals surface area contributed by atoms with Crippen LogP contribution in [-0.2, 0) is 4.74 Å². The first kappa shape index (κ1) is 27.2. The van der Waals surface area contributed by atoms with Gasteiger partial charge in [-0.3, -0.25) is 20.0 Å². The van der Waals surface area contributed by atoms with E-state index in [1.807, 2.05) is 0 Å². The van der Waals surface area contributed by atoms with Gasteiger partial charge in [-0.1, -0.05) is 5.92 Å². The third-order valence-electron chi connectivity index (χ3n) is 5.80. The Morgan fingerprint density at radius 1 is 1.29 bits per heavy atom. The molecule has 0 bridgehead atoms. The van der Waals surface area contributed by atoms with Gasteiger partial charge in [0.15, 0.2) is 5.17 Å². The minimum atomic E-state index is -2.87. The van der Waals surface area contributed by atoms with Crippen LogP contribution in [0.3, 0.4) is 0 Å². The number of carbonyl (C=O) groups excluding carboxylic acids is 2. The summed E-state index contributed by atoms with van der Waals surface area (Å²) in [6, 6.07) is 5.43. The van der Waals surface area contributed by atoms with E-state index in [0.717, 1.165) is 36.9 Å². The van der Waals surface area contributed by atoms with Crippen LogP contribution in [0.4, 0.5) is 8.78 Å². The third kappa shape index (κ3) is 6.73. The van der Waals surface area contributed by atoms with Gasteiger partial charge in [0, 0.05) is 37.1 Å². The van der Waals surface area contributed by atoms with Gasteiger partial charge in [0.2, 0.25) is 0 Å². The molecule has 0 unspecified atom stereocenters. The number of morpholine rings is 1. The minimum Gasteiger partial charge on any atom is -0.494 e. The summed E-state index contributed by atoms with van der Waals surface area (Å²) in [6.07, 6.45) is 0.274. The van der Waals surface area contributed by atoms with Crippen molar-refractivity contribution < 1.29 is 29.3 Å². The molecule has 0 spiro atoms. The molecule has 2 aliphatic rings. The summed E-state index contributed by atoms with van der Waals surface area (Å²) < 4.78 is 37.6. The second-order valence-electron chi connectivity index (χ2n) is 8.51. The molecule has 1 saturated carbocycles. The number of hydrogen-bond acceptors (Lipinski definition) is 7. The number of alkyl halides is 2. The quantitative estimate of drug-likeness (QED) is 0.331. The number of hydrogen-bond donors (Lipinski definition) is 2. The standard InChI is InChI=1S/C26H25F2N5O4S.H2/c1-36-21-14-31-20(23(27)28)13-19(21)18-12-16(25(35)33-8-10-37-11-9-33)5-6-17(18)24(34)32-26(30)38-22(29)7-4-15-2-3-15;/h5-6,12-15,23,29H,2-3,8-11H2,1H3,(H2,30,32,34);1H. The topological polar surface area (TPSA) is 131 Å². The van der Waals surface area contributed by atoms with Crippen LogP contribution < -0.4 is 10.5 Å². The molecule has 2 heterocycles. The average Bonchev–Trinajstić information content (AvgIpc) is 3.76. The molecule has 1 saturated heterocycles. The van der Waals surface area contributed by atoms with E-state index in [4.69, 9.17) is 20.6 Å². The molecule has 1 aliphatic heterocycles. The van der Waals surface area contributed by atoms with Crippen LogP contribution in [0.2, 0.25) is 0 Å². The zero-order valence-corrected chi connectivity index (χ0v) is 21.3. The Balaban J connectivity index is 0.00000420. The number of rotatable bonds is 5. The molecule has 0 atom stereocenters. The highest BCUT2D eigenvalue weighted by atomic mass is 32.2. The van der Waals surface area contributed by atoms with Crippen molar-refractivity contribution in [3.05, 3.63) is 47.3 Å². The fraction of sp³-hybridized carbons (Fsp3) is 0.346. The second kappa shape index (κ2) is 12.1. The molecule has 9 nitrogen and oxygen atoms in total. The lowest BCUT2D eigenvalue weighted by Gasteiger charge is -2.27. The van der Waals surface area contributed by atoms with E-state index in [1.165, 1.54) is 25.3 Å². The highest BCUT2D eigenvalue weighted by molar-refractivity contribution is 8.26. The van der Waals surface area contributed by atoms with Crippen LogP contribution in [0, 0.1) is 23.2 Å². The number of aromatic nitrogens is 1. The fourth-order valence-electron chi connectivity index (χ4n) is 3.70. The van der Waals surface area contributed by atoms with Crippen LogP contribution in [0.1, 0.15) is 47.1 Å². The molecule has 1 aromatic carbocycles. The van der Waals surface area contributed by atoms with Gasteiger partial charge in [-0.25, -0.2) is 8.78 Å². The number of benzene rings is 1. The summed E-state index contributed by atoms with van der Waals surface area (Å²) >= 11 is 0.745. The van der Waals surface area contributed by atoms with E-state index in [0.29, 0.717) is 32.2 Å². The molecule has 1 aliphatic carbocycles. The number of nitrogens with one attached hydrogen (secondary N) is 1. The number of thioether (sulfide) groups is 1. The van der Waals surface area contributed by atoms with Crippen molar-refractivity contribution in [1.29, 1.82) is 5.41 Å². The number of amidine groups is 1. The van der Waals surface area contributed by atoms with Gasteiger partial charge in [0.05, 0.1) is 26.5 Å². The maximum atomic E-state index is 13.5. The highest BCUT2D eigenvalue weighted by Crippen LogP contribution is 2.36. The molecule has 2 fully saturated rings. The number of nitrogens with zero attached hydrogens (tertiary/aromatic N) is 3. The molecular formula is C26H27F2N5O4S. The number of carbonyl (C=O) groups is 2. The maximum Gasteiger partial charge on any atom is 0.280 e. The Morgan fingerprint density at radius 3 is 2.68 bits per heavy atom. The molecule has 38 heavy (non-hydrogen) atoms. The Kier molecular flexibility index (Phi) is 8.70. The van der Waals surface area contributed by atoms with Crippen molar-refractivity contribution in [2.45, 2.75) is 19.3 Å². The number of halogens is 2. The summed E-state index contributed by atoms with van der Waals surface area (Å²) in [5, 5.41) is 7.69. The summed E-state index contributed by atoms with van der Waals surface area (Å²) in [5.41, 5.74) is 5.92. The first-order valence-corrected chi connectivity index (χ1v) is 12.6. The lowest BCUT2D eigenvalue weighted by atomic mass is 9.95. The number of aliphatic imine (C=N–C) groups is 1. The van der Waals surface area contributed by atoms with Crippen LogP contribution in [0.5, 0.6) is 5.75 Å². The van der Waals surface area contributed by atoms with Gasteiger partial charge >= 0.3 is 0 Å².